The molecule has 3 atom stereocenters. The maximum Gasteiger partial charge on any atom is 0.0375 e. The minimum atomic E-state index is 0.216. The highest BCUT2D eigenvalue weighted by Crippen LogP contribution is 2.37. The van der Waals surface area contributed by atoms with Crippen molar-refractivity contribution in [2.45, 2.75) is 38.6 Å². The molecule has 19 heavy (non-hydrogen) atoms. The van der Waals surface area contributed by atoms with Crippen LogP contribution in [0.25, 0.3) is 0 Å². The Labute approximate surface area is 117 Å². The van der Waals surface area contributed by atoms with E-state index in [1.807, 2.05) is 0 Å². The molecule has 1 aliphatic carbocycles. The quantitative estimate of drug-likeness (QED) is 0.883. The van der Waals surface area contributed by atoms with Gasteiger partial charge in [-0.15, -0.1) is 0 Å². The highest BCUT2D eigenvalue weighted by molar-refractivity contribution is 5.32. The summed E-state index contributed by atoms with van der Waals surface area (Å²) in [4.78, 5) is 2.69. The lowest BCUT2D eigenvalue weighted by molar-refractivity contribution is 0.101. The summed E-state index contributed by atoms with van der Waals surface area (Å²) in [7, 11) is 0. The van der Waals surface area contributed by atoms with Gasteiger partial charge in [0.1, 0.15) is 0 Å². The largest absolute Gasteiger partial charge is 0.329 e. The maximum atomic E-state index is 6.22. The van der Waals surface area contributed by atoms with Crippen LogP contribution < -0.4 is 5.73 Å². The number of hydrogen-bond donors (Lipinski definition) is 1. The van der Waals surface area contributed by atoms with Gasteiger partial charge in [0, 0.05) is 25.2 Å². The van der Waals surface area contributed by atoms with Crippen LogP contribution in [-0.2, 0) is 12.8 Å². The zero-order valence-electron chi connectivity index (χ0n) is 12.2. The lowest BCUT2D eigenvalue weighted by Gasteiger charge is -2.45. The van der Waals surface area contributed by atoms with E-state index >= 15 is 0 Å². The van der Waals surface area contributed by atoms with Crippen molar-refractivity contribution in [2.75, 3.05) is 19.6 Å². The van der Waals surface area contributed by atoms with Gasteiger partial charge in [-0.05, 0) is 42.2 Å². The first-order valence-corrected chi connectivity index (χ1v) is 7.66. The number of fused-ring (bicyclic) bond motifs is 1. The van der Waals surface area contributed by atoms with Crippen LogP contribution in [-0.4, -0.2) is 30.1 Å². The molecule has 1 aromatic carbocycles. The molecule has 3 rings (SSSR count). The molecule has 2 aliphatic rings. The summed E-state index contributed by atoms with van der Waals surface area (Å²) in [6, 6.07) is 8.90. The van der Waals surface area contributed by atoms with Crippen molar-refractivity contribution >= 4 is 0 Å². The molecule has 0 radical (unpaired) electrons. The number of hydrogen-bond acceptors (Lipinski definition) is 2. The van der Waals surface area contributed by atoms with Gasteiger partial charge in [0.2, 0.25) is 0 Å². The summed E-state index contributed by atoms with van der Waals surface area (Å²) in [5.41, 5.74) is 9.49. The predicted molar refractivity (Wildman–Crippen MR) is 80.2 cm³/mol. The molecule has 3 unspecified atom stereocenters. The predicted octanol–water partition coefficient (Wildman–Crippen LogP) is 2.46. The fraction of sp³-hybridized carbons (Fsp3) is 0.647. The minimum absolute atomic E-state index is 0.216. The van der Waals surface area contributed by atoms with Gasteiger partial charge in [-0.25, -0.2) is 0 Å². The molecule has 1 saturated heterocycles. The Hall–Kier alpha value is -0.860. The van der Waals surface area contributed by atoms with E-state index in [1.165, 1.54) is 37.1 Å². The number of nitrogens with zero attached hydrogens (tertiary/aromatic N) is 1. The summed E-state index contributed by atoms with van der Waals surface area (Å²) in [6.07, 6.45) is 3.55. The monoisotopic (exact) mass is 258 g/mol. The topological polar surface area (TPSA) is 29.3 Å². The summed E-state index contributed by atoms with van der Waals surface area (Å²) in [5, 5.41) is 0. The molecule has 0 amide bonds. The van der Waals surface area contributed by atoms with E-state index in [9.17, 15) is 0 Å². The lowest BCUT2D eigenvalue weighted by Crippen LogP contribution is -2.56. The number of rotatable bonds is 2. The first-order chi connectivity index (χ1) is 9.14. The number of likely N-dealkylation sites (tertiary alicyclic amines) is 1. The van der Waals surface area contributed by atoms with Gasteiger partial charge in [-0.1, -0.05) is 38.1 Å². The van der Waals surface area contributed by atoms with E-state index in [0.29, 0.717) is 0 Å². The van der Waals surface area contributed by atoms with Crippen molar-refractivity contribution < 1.29 is 0 Å². The molecule has 0 saturated carbocycles. The highest BCUT2D eigenvalue weighted by atomic mass is 15.2. The molecule has 2 N–H and O–H groups in total. The molecule has 0 aromatic heterocycles. The maximum absolute atomic E-state index is 6.22. The summed E-state index contributed by atoms with van der Waals surface area (Å²) >= 11 is 0. The normalized spacial score (nSPS) is 35.3. The van der Waals surface area contributed by atoms with Crippen LogP contribution in [0.2, 0.25) is 0 Å². The van der Waals surface area contributed by atoms with Crippen molar-refractivity contribution in [1.29, 1.82) is 0 Å². The fourth-order valence-electron chi connectivity index (χ4n) is 3.87. The molecule has 1 fully saturated rings. The first kappa shape index (κ1) is 13.1. The van der Waals surface area contributed by atoms with E-state index in [0.717, 1.165) is 24.8 Å². The molecule has 1 aliphatic heterocycles. The van der Waals surface area contributed by atoms with Crippen molar-refractivity contribution in [3.63, 3.8) is 0 Å². The van der Waals surface area contributed by atoms with Crippen LogP contribution in [0.5, 0.6) is 0 Å². The van der Waals surface area contributed by atoms with Crippen LogP contribution >= 0.6 is 0 Å². The number of nitrogens with two attached hydrogens (primary N) is 1. The van der Waals surface area contributed by atoms with Crippen LogP contribution in [0.15, 0.2) is 24.3 Å². The Balaban J connectivity index is 1.86. The van der Waals surface area contributed by atoms with Crippen LogP contribution in [0.1, 0.15) is 31.4 Å². The van der Waals surface area contributed by atoms with E-state index in [-0.39, 0.29) is 5.54 Å². The Morgan fingerprint density at radius 2 is 1.79 bits per heavy atom. The fourth-order valence-corrected chi connectivity index (χ4v) is 3.87. The average molecular weight is 258 g/mol. The molecular formula is C17H26N2. The smallest absolute Gasteiger partial charge is 0.0375 e. The van der Waals surface area contributed by atoms with Crippen molar-refractivity contribution in [3.05, 3.63) is 35.4 Å². The van der Waals surface area contributed by atoms with Crippen molar-refractivity contribution in [2.24, 2.45) is 17.6 Å². The molecule has 2 heteroatoms. The van der Waals surface area contributed by atoms with Gasteiger partial charge in [0.15, 0.2) is 0 Å². The Morgan fingerprint density at radius 1 is 1.16 bits per heavy atom. The van der Waals surface area contributed by atoms with Crippen LogP contribution in [0.4, 0.5) is 0 Å². The molecular weight excluding hydrogens is 232 g/mol. The highest BCUT2D eigenvalue weighted by Gasteiger charge is 2.42. The lowest BCUT2D eigenvalue weighted by atomic mass is 9.77. The third-order valence-electron chi connectivity index (χ3n) is 5.54. The Bertz CT molecular complexity index is 446. The molecule has 0 bridgehead atoms. The minimum Gasteiger partial charge on any atom is -0.329 e. The summed E-state index contributed by atoms with van der Waals surface area (Å²) < 4.78 is 0. The van der Waals surface area contributed by atoms with Crippen LogP contribution in [0, 0.1) is 11.8 Å². The third kappa shape index (κ3) is 2.21. The van der Waals surface area contributed by atoms with Gasteiger partial charge < -0.3 is 5.73 Å². The Kier molecular flexibility index (Phi) is 3.40. The van der Waals surface area contributed by atoms with Gasteiger partial charge in [0.05, 0.1) is 0 Å². The van der Waals surface area contributed by atoms with E-state index in [4.69, 9.17) is 5.73 Å². The average Bonchev–Trinajstić information content (AvgIpc) is 2.78. The van der Waals surface area contributed by atoms with Crippen LogP contribution in [0.3, 0.4) is 0 Å². The Morgan fingerprint density at radius 3 is 2.42 bits per heavy atom. The summed E-state index contributed by atoms with van der Waals surface area (Å²) in [6.45, 7) is 8.00. The van der Waals surface area contributed by atoms with Gasteiger partial charge in [0.25, 0.3) is 0 Å². The second-order valence-electron chi connectivity index (χ2n) is 6.73. The second-order valence-corrected chi connectivity index (χ2v) is 6.73. The van der Waals surface area contributed by atoms with Crippen molar-refractivity contribution in [1.82, 2.24) is 4.90 Å². The summed E-state index contributed by atoms with van der Waals surface area (Å²) in [5.74, 6) is 1.61. The van der Waals surface area contributed by atoms with E-state index in [1.54, 1.807) is 0 Å². The zero-order chi connectivity index (χ0) is 13.5. The molecule has 0 spiro atoms. The zero-order valence-corrected chi connectivity index (χ0v) is 12.2. The number of aryl methyl sites for hydroxylation is 1. The molecule has 104 valence electrons. The first-order valence-electron chi connectivity index (χ1n) is 7.66. The molecule has 1 heterocycles. The standard InChI is InChI=1S/C17H26N2/c1-13-10-19(11-14(13)2)17(12-18)8-7-15-5-3-4-6-16(15)9-17/h3-6,13-14H,7-12,18H2,1-2H3. The van der Waals surface area contributed by atoms with Gasteiger partial charge in [-0.3, -0.25) is 4.90 Å². The third-order valence-corrected chi connectivity index (χ3v) is 5.54. The van der Waals surface area contributed by atoms with Gasteiger partial charge in [-0.2, -0.15) is 0 Å². The van der Waals surface area contributed by atoms with E-state index < -0.39 is 0 Å². The number of benzene rings is 1. The SMILES string of the molecule is CC1CN(C2(CN)CCc3ccccc3C2)CC1C. The van der Waals surface area contributed by atoms with Gasteiger partial charge >= 0.3 is 0 Å². The van der Waals surface area contributed by atoms with E-state index in [2.05, 4.69) is 43.0 Å². The van der Waals surface area contributed by atoms with Crippen molar-refractivity contribution in [3.8, 4) is 0 Å². The molecule has 2 nitrogen and oxygen atoms in total. The second kappa shape index (κ2) is 4.92. The molecule has 1 aromatic rings.